The molecule has 0 fully saturated rings. The van der Waals surface area contributed by atoms with Gasteiger partial charge < -0.3 is 19.8 Å². The lowest BCUT2D eigenvalue weighted by atomic mass is 9.83. The minimum absolute atomic E-state index is 0.181. The molecule has 0 aliphatic carbocycles. The summed E-state index contributed by atoms with van der Waals surface area (Å²) in [7, 11) is 0. The van der Waals surface area contributed by atoms with Gasteiger partial charge in [-0.1, -0.05) is 46.2 Å². The van der Waals surface area contributed by atoms with E-state index >= 15 is 0 Å². The van der Waals surface area contributed by atoms with E-state index in [9.17, 15) is 9.59 Å². The Hall–Kier alpha value is -2.28. The molecule has 0 radical (unpaired) electrons. The molecule has 0 saturated heterocycles. The van der Waals surface area contributed by atoms with Crippen LogP contribution in [-0.4, -0.2) is 35.1 Å². The molecule has 0 unspecified atom stereocenters. The smallest absolute Gasteiger partial charge is 0.336 e. The lowest BCUT2D eigenvalue weighted by Gasteiger charge is -2.30. The molecule has 2 heterocycles. The van der Waals surface area contributed by atoms with E-state index < -0.39 is 17.9 Å². The largest absolute Gasteiger partial charge is 0.462 e. The van der Waals surface area contributed by atoms with E-state index in [1.54, 1.807) is 13.8 Å². The van der Waals surface area contributed by atoms with Crippen LogP contribution >= 0.6 is 11.6 Å². The number of esters is 2. The van der Waals surface area contributed by atoms with Gasteiger partial charge in [-0.05, 0) is 25.7 Å². The molecule has 1 aliphatic heterocycles. The summed E-state index contributed by atoms with van der Waals surface area (Å²) in [6.45, 7) is 13.9. The highest BCUT2D eigenvalue weighted by molar-refractivity contribution is 6.30. The third-order valence-electron chi connectivity index (χ3n) is 4.65. The molecule has 0 spiro atoms. The fraction of sp³-hybridized carbons (Fsp3) is 0.591. The fourth-order valence-corrected chi connectivity index (χ4v) is 3.49. The number of aromatic nitrogens is 2. The first-order valence-electron chi connectivity index (χ1n) is 10.3. The van der Waals surface area contributed by atoms with Crippen LogP contribution in [0.5, 0.6) is 0 Å². The maximum Gasteiger partial charge on any atom is 0.336 e. The van der Waals surface area contributed by atoms with Crippen molar-refractivity contribution >= 4 is 23.5 Å². The van der Waals surface area contributed by atoms with E-state index in [0.717, 1.165) is 0 Å². The first-order chi connectivity index (χ1) is 14.1. The monoisotopic (exact) mass is 437 g/mol. The van der Waals surface area contributed by atoms with Gasteiger partial charge in [0, 0.05) is 17.8 Å². The molecule has 0 aromatic carbocycles. The number of carbonyl (C=O) groups is 2. The van der Waals surface area contributed by atoms with Gasteiger partial charge in [0.15, 0.2) is 5.15 Å². The van der Waals surface area contributed by atoms with Crippen LogP contribution in [0.1, 0.15) is 65.9 Å². The van der Waals surface area contributed by atoms with Gasteiger partial charge in [-0.15, -0.1) is 0 Å². The molecule has 1 aromatic heterocycles. The molecule has 0 bridgehead atoms. The highest BCUT2D eigenvalue weighted by atomic mass is 35.5. The van der Waals surface area contributed by atoms with E-state index in [4.69, 9.17) is 21.1 Å². The quantitative estimate of drug-likeness (QED) is 0.590. The highest BCUT2D eigenvalue weighted by Crippen LogP contribution is 2.41. The van der Waals surface area contributed by atoms with Crippen LogP contribution in [0.2, 0.25) is 5.15 Å². The van der Waals surface area contributed by atoms with Gasteiger partial charge in [-0.2, -0.15) is 0 Å². The maximum atomic E-state index is 13.1. The van der Waals surface area contributed by atoms with Crippen molar-refractivity contribution in [2.24, 2.45) is 11.8 Å². The summed E-state index contributed by atoms with van der Waals surface area (Å²) < 4.78 is 11.0. The highest BCUT2D eigenvalue weighted by Gasteiger charge is 2.40. The van der Waals surface area contributed by atoms with Crippen molar-refractivity contribution in [2.75, 3.05) is 13.2 Å². The van der Waals surface area contributed by atoms with Gasteiger partial charge in [-0.25, -0.2) is 14.6 Å². The molecule has 30 heavy (non-hydrogen) atoms. The van der Waals surface area contributed by atoms with Crippen molar-refractivity contribution in [2.45, 2.75) is 60.8 Å². The van der Waals surface area contributed by atoms with E-state index in [0.29, 0.717) is 40.5 Å². The molecule has 7 nitrogen and oxygen atoms in total. The molecule has 2 rings (SSSR count). The summed E-state index contributed by atoms with van der Waals surface area (Å²) in [5.41, 5.74) is 2.35. The van der Waals surface area contributed by atoms with E-state index in [1.807, 2.05) is 34.6 Å². The van der Waals surface area contributed by atoms with Gasteiger partial charge in [0.25, 0.3) is 0 Å². The number of hydrogen-bond acceptors (Lipinski definition) is 6. The maximum absolute atomic E-state index is 13.1. The molecule has 0 amide bonds. The van der Waals surface area contributed by atoms with Gasteiger partial charge in [-0.3, -0.25) is 0 Å². The molecule has 0 saturated carbocycles. The van der Waals surface area contributed by atoms with E-state index in [1.165, 1.54) is 0 Å². The topological polar surface area (TPSA) is 93.3 Å². The number of aromatic amines is 1. The number of hydrogen-bond donors (Lipinski definition) is 2. The van der Waals surface area contributed by atoms with Crippen molar-refractivity contribution in [1.82, 2.24) is 15.3 Å². The fourth-order valence-electron chi connectivity index (χ4n) is 3.24. The second-order valence-electron chi connectivity index (χ2n) is 8.36. The van der Waals surface area contributed by atoms with Crippen molar-refractivity contribution in [1.29, 1.82) is 0 Å². The number of rotatable bonds is 8. The first kappa shape index (κ1) is 24.0. The van der Waals surface area contributed by atoms with Crippen LogP contribution in [-0.2, 0) is 25.5 Å². The summed E-state index contributed by atoms with van der Waals surface area (Å²) in [6.07, 6.45) is 0.635. The lowest BCUT2D eigenvalue weighted by Crippen LogP contribution is -2.33. The normalized spacial score (nSPS) is 15.1. The number of halogens is 1. The molecular formula is C22H32ClN3O4. The van der Waals surface area contributed by atoms with Crippen molar-refractivity contribution < 1.29 is 19.1 Å². The third-order valence-corrected chi connectivity index (χ3v) is 4.94. The molecule has 0 atom stereocenters. The number of dihydropyridines is 1. The number of nitrogens with zero attached hydrogens (tertiary/aromatic N) is 1. The van der Waals surface area contributed by atoms with Gasteiger partial charge >= 0.3 is 11.9 Å². The predicted octanol–water partition coefficient (Wildman–Crippen LogP) is 4.26. The number of allylic oxidation sites excluding steroid dienone is 2. The number of carbonyl (C=O) groups excluding carboxylic acids is 2. The molecule has 166 valence electrons. The third kappa shape index (κ3) is 5.45. The summed E-state index contributed by atoms with van der Waals surface area (Å²) in [4.78, 5) is 33.6. The summed E-state index contributed by atoms with van der Waals surface area (Å²) >= 11 is 6.44. The zero-order valence-corrected chi connectivity index (χ0v) is 19.6. The van der Waals surface area contributed by atoms with Crippen molar-refractivity contribution in [3.63, 3.8) is 0 Å². The molecule has 2 N–H and O–H groups in total. The van der Waals surface area contributed by atoms with Crippen LogP contribution in [0.25, 0.3) is 0 Å². The summed E-state index contributed by atoms with van der Waals surface area (Å²) in [6, 6.07) is 0. The molecule has 8 heteroatoms. The van der Waals surface area contributed by atoms with E-state index in [-0.39, 0.29) is 30.2 Å². The van der Waals surface area contributed by atoms with Crippen LogP contribution in [0.15, 0.2) is 22.5 Å². The molecule has 1 aromatic rings. The number of aryl methyl sites for hydroxylation is 1. The van der Waals surface area contributed by atoms with Crippen molar-refractivity contribution in [3.8, 4) is 0 Å². The second kappa shape index (κ2) is 10.2. The zero-order valence-electron chi connectivity index (χ0n) is 18.8. The number of imidazole rings is 1. The van der Waals surface area contributed by atoms with Crippen LogP contribution in [0.3, 0.4) is 0 Å². The Bertz CT molecular complexity index is 822. The Balaban J connectivity index is 2.56. The Labute approximate surface area is 183 Å². The van der Waals surface area contributed by atoms with Crippen LogP contribution in [0, 0.1) is 11.8 Å². The lowest BCUT2D eigenvalue weighted by molar-refractivity contribution is -0.141. The Kier molecular flexibility index (Phi) is 8.12. The Morgan fingerprint density at radius 1 is 1.00 bits per heavy atom. The standard InChI is InChI=1S/C22H32ClN3O4/c1-8-15-25-19(20(23)26-15)18-16(21(27)29-9-11(2)3)13(6)24-14(7)17(18)22(28)30-10-12(4)5/h11-12,18,24H,8-10H2,1-7H3,(H,25,26). The summed E-state index contributed by atoms with van der Waals surface area (Å²) in [5, 5.41) is 3.36. The van der Waals surface area contributed by atoms with Gasteiger partial charge in [0.2, 0.25) is 0 Å². The van der Waals surface area contributed by atoms with Gasteiger partial charge in [0.05, 0.1) is 36.0 Å². The molecule has 1 aliphatic rings. The number of H-pyrrole nitrogens is 1. The average Bonchev–Trinajstić information content (AvgIpc) is 3.04. The number of nitrogens with one attached hydrogen (secondary N) is 2. The minimum atomic E-state index is -0.758. The van der Waals surface area contributed by atoms with Gasteiger partial charge in [0.1, 0.15) is 5.82 Å². The second-order valence-corrected chi connectivity index (χ2v) is 8.72. The average molecular weight is 438 g/mol. The Morgan fingerprint density at radius 3 is 1.83 bits per heavy atom. The van der Waals surface area contributed by atoms with Crippen LogP contribution in [0.4, 0.5) is 0 Å². The minimum Gasteiger partial charge on any atom is -0.462 e. The van der Waals surface area contributed by atoms with Crippen molar-refractivity contribution in [3.05, 3.63) is 39.2 Å². The Morgan fingerprint density at radius 2 is 1.47 bits per heavy atom. The van der Waals surface area contributed by atoms with E-state index in [2.05, 4.69) is 15.3 Å². The summed E-state index contributed by atoms with van der Waals surface area (Å²) in [5.74, 6) is -0.715. The first-order valence-corrected chi connectivity index (χ1v) is 10.7. The SMILES string of the molecule is CCc1nc(Cl)c(C2C(C(=O)OCC(C)C)=C(C)NC(C)=C2C(=O)OCC(C)C)[nH]1. The number of ether oxygens (including phenoxy) is 2. The zero-order chi connectivity index (χ0) is 22.6. The molecular weight excluding hydrogens is 406 g/mol. The predicted molar refractivity (Wildman–Crippen MR) is 116 cm³/mol. The van der Waals surface area contributed by atoms with Crippen LogP contribution < -0.4 is 5.32 Å².